The van der Waals surface area contributed by atoms with Gasteiger partial charge in [-0.3, -0.25) is 4.79 Å². The third-order valence-corrected chi connectivity index (χ3v) is 4.02. The topological polar surface area (TPSA) is 88.2 Å². The first-order chi connectivity index (χ1) is 19.9. The molecule has 0 saturated carbocycles. The largest absolute Gasteiger partial charge is 0.388 e. The fourth-order valence-electron chi connectivity index (χ4n) is 2.07. The molecule has 0 aliphatic rings. The van der Waals surface area contributed by atoms with Crippen LogP contribution in [0.2, 0.25) is 0 Å². The molecule has 6 heteroatoms. The standard InChI is InChI=1S/C23H27N3O2S/c1-16-5-4-7-18(13-16)21(27)8-3-2-6-17-9-11-19(12-10-17)25-22(28)14-20-15-29-23(24)26-20/h4-5,7,9-13,15,21,27H,2-3,6,8,14H2,1H3,(H2,24,26)(H,25,28)/t21-/m0/s1/i2D2,4D,5D,7D,8D2,9D,10D,11D,12D,13D,14D2,21D. The molecule has 29 heavy (non-hydrogen) atoms. The second-order valence-corrected chi connectivity index (χ2v) is 6.52. The molecule has 0 aliphatic carbocycles. The number of rotatable bonds is 9. The van der Waals surface area contributed by atoms with Crippen LogP contribution in [-0.4, -0.2) is 16.0 Å². The molecule has 0 saturated heterocycles. The maximum absolute atomic E-state index is 12.7. The van der Waals surface area contributed by atoms with Gasteiger partial charge in [0.15, 0.2) is 5.13 Å². The Balaban J connectivity index is 1.96. The highest BCUT2D eigenvalue weighted by Gasteiger charge is 2.08. The van der Waals surface area contributed by atoms with Crippen LogP contribution in [0.1, 0.15) is 68.2 Å². The van der Waals surface area contributed by atoms with Crippen molar-refractivity contribution in [1.82, 2.24) is 4.98 Å². The van der Waals surface area contributed by atoms with E-state index >= 15 is 0 Å². The van der Waals surface area contributed by atoms with Crippen LogP contribution in [0.15, 0.2) is 53.7 Å². The van der Waals surface area contributed by atoms with Gasteiger partial charge in [0.25, 0.3) is 0 Å². The van der Waals surface area contributed by atoms with Crippen LogP contribution in [0.4, 0.5) is 10.8 Å². The zero-order valence-corrected chi connectivity index (χ0v) is 16.1. The summed E-state index contributed by atoms with van der Waals surface area (Å²) in [6.07, 6.45) is -14.5. The van der Waals surface area contributed by atoms with Crippen LogP contribution < -0.4 is 11.1 Å². The monoisotopic (exact) mass is 424 g/mol. The van der Waals surface area contributed by atoms with Crippen molar-refractivity contribution in [1.29, 1.82) is 0 Å². The molecule has 0 spiro atoms. The molecule has 0 bridgehead atoms. The van der Waals surface area contributed by atoms with Gasteiger partial charge in [-0.15, -0.1) is 11.3 Å². The molecule has 1 amide bonds. The van der Waals surface area contributed by atoms with E-state index in [9.17, 15) is 9.90 Å². The number of hydrogen-bond acceptors (Lipinski definition) is 5. The van der Waals surface area contributed by atoms with Crippen LogP contribution >= 0.6 is 11.3 Å². The highest BCUT2D eigenvalue weighted by molar-refractivity contribution is 7.13. The predicted molar refractivity (Wildman–Crippen MR) is 119 cm³/mol. The highest BCUT2D eigenvalue weighted by Crippen LogP contribution is 2.21. The van der Waals surface area contributed by atoms with Gasteiger partial charge in [0.2, 0.25) is 5.91 Å². The number of thiazole rings is 1. The minimum Gasteiger partial charge on any atom is -0.388 e. The minimum absolute atomic E-state index is 0.0185. The molecule has 0 aliphatic heterocycles. The minimum atomic E-state index is -3.45. The average molecular weight is 425 g/mol. The van der Waals surface area contributed by atoms with Gasteiger partial charge in [-0.2, -0.15) is 0 Å². The number of nitrogens with one attached hydrogen (secondary N) is 1. The van der Waals surface area contributed by atoms with E-state index < -0.39 is 109 Å². The van der Waals surface area contributed by atoms with E-state index in [2.05, 4.69) is 4.98 Å². The maximum atomic E-state index is 12.7. The predicted octanol–water partition coefficient (Wildman–Crippen LogP) is 4.66. The smallest absolute Gasteiger partial charge is 0.230 e. The fraction of sp³-hybridized carbons (Fsp3) is 0.304. The SMILES string of the molecule is [2H]c1c([2H])c(C)c([2H])c([C@@]([2H])(O)C([2H])([2H])CC([2H])([2H])Cc2c([2H])c([2H])c(NC(=O)C([2H])([2H])c3csc(N)n3)c([2H])c2[2H])c1[2H]. The van der Waals surface area contributed by atoms with Gasteiger partial charge in [0.1, 0.15) is 0 Å². The molecule has 0 fully saturated rings. The van der Waals surface area contributed by atoms with E-state index in [1.807, 2.05) is 5.32 Å². The van der Waals surface area contributed by atoms with E-state index in [4.69, 9.17) is 26.3 Å². The molecule has 3 rings (SSSR count). The molecule has 1 heterocycles. The summed E-state index contributed by atoms with van der Waals surface area (Å²) in [4.78, 5) is 16.4. The first-order valence-electron chi connectivity index (χ1n) is 15.8. The van der Waals surface area contributed by atoms with Gasteiger partial charge < -0.3 is 16.2 Å². The second-order valence-electron chi connectivity index (χ2n) is 5.63. The van der Waals surface area contributed by atoms with Crippen LogP contribution in [0.5, 0.6) is 0 Å². The summed E-state index contributed by atoms with van der Waals surface area (Å²) in [7, 11) is 0. The number of nitrogens with zero attached hydrogens (tertiary/aromatic N) is 1. The van der Waals surface area contributed by atoms with Crippen molar-refractivity contribution in [3.05, 3.63) is 76.1 Å². The van der Waals surface area contributed by atoms with Crippen molar-refractivity contribution in [2.24, 2.45) is 0 Å². The molecule has 1 aromatic heterocycles. The number of carbonyl (C=O) groups excluding carboxylic acids is 1. The number of nitrogens with two attached hydrogens (primary N) is 1. The molecule has 152 valence electrons. The first-order valence-corrected chi connectivity index (χ1v) is 9.19. The lowest BCUT2D eigenvalue weighted by Gasteiger charge is -2.11. The number of aromatic nitrogens is 1. The van der Waals surface area contributed by atoms with Gasteiger partial charge in [-0.05, 0) is 49.3 Å². The van der Waals surface area contributed by atoms with E-state index in [0.29, 0.717) is 0 Å². The third kappa shape index (κ3) is 6.69. The molecule has 5 nitrogen and oxygen atoms in total. The zero-order chi connectivity index (χ0) is 33.9. The number of hydrogen-bond donors (Lipinski definition) is 3. The third-order valence-electron chi connectivity index (χ3n) is 3.35. The molecule has 0 unspecified atom stereocenters. The number of benzene rings is 2. The van der Waals surface area contributed by atoms with Gasteiger partial charge in [-0.1, -0.05) is 48.2 Å². The summed E-state index contributed by atoms with van der Waals surface area (Å²) in [6, 6.07) is -6.35. The van der Waals surface area contributed by atoms with Gasteiger partial charge in [0.05, 0.1) is 30.5 Å². The summed E-state index contributed by atoms with van der Waals surface area (Å²) < 4.78 is 123. The van der Waals surface area contributed by atoms with Crippen LogP contribution in [0.3, 0.4) is 0 Å². The maximum Gasteiger partial charge on any atom is 0.230 e. The molecule has 4 N–H and O–H groups in total. The Kier molecular flexibility index (Phi) is 3.15. The Morgan fingerprint density at radius 3 is 2.90 bits per heavy atom. The van der Waals surface area contributed by atoms with Crippen molar-refractivity contribution < 1.29 is 30.5 Å². The summed E-state index contributed by atoms with van der Waals surface area (Å²) in [5.74, 6) is -1.37. The molecular weight excluding hydrogens is 382 g/mol. The van der Waals surface area contributed by atoms with E-state index in [1.165, 1.54) is 12.3 Å². The second kappa shape index (κ2) is 10.2. The Morgan fingerprint density at radius 1 is 1.38 bits per heavy atom. The zero-order valence-electron chi connectivity index (χ0n) is 30.3. The number of amides is 1. The summed E-state index contributed by atoms with van der Waals surface area (Å²) in [5.41, 5.74) is 2.75. The lowest BCUT2D eigenvalue weighted by atomic mass is 10.00. The Hall–Kier alpha value is -2.70. The average Bonchev–Trinajstić information content (AvgIpc) is 3.36. The number of carbonyl (C=O) groups is 1. The Bertz CT molecular complexity index is 1580. The summed E-state index contributed by atoms with van der Waals surface area (Å²) in [5, 5.41) is 14.1. The van der Waals surface area contributed by atoms with Gasteiger partial charge in [-0.25, -0.2) is 4.98 Å². The van der Waals surface area contributed by atoms with E-state index in [1.54, 1.807) is 0 Å². The normalized spacial score (nSPS) is 21.9. The van der Waals surface area contributed by atoms with E-state index in [-0.39, 0.29) is 16.4 Å². The Morgan fingerprint density at radius 2 is 2.17 bits per heavy atom. The van der Waals surface area contributed by atoms with Gasteiger partial charge in [0, 0.05) is 19.3 Å². The number of aliphatic hydroxyl groups is 1. The molecular formula is C23H27N3O2S. The van der Waals surface area contributed by atoms with Crippen LogP contribution in [0, 0.1) is 6.92 Å². The lowest BCUT2D eigenvalue weighted by Crippen LogP contribution is -2.14. The number of nitrogen functional groups attached to an aromatic ring is 1. The molecule has 2 aromatic carbocycles. The van der Waals surface area contributed by atoms with Crippen molar-refractivity contribution in [2.45, 2.75) is 45.0 Å². The van der Waals surface area contributed by atoms with Crippen molar-refractivity contribution in [2.75, 3.05) is 11.1 Å². The quantitative estimate of drug-likeness (QED) is 0.466. The highest BCUT2D eigenvalue weighted by atomic mass is 32.1. The van der Waals surface area contributed by atoms with Crippen LogP contribution in [0.25, 0.3) is 0 Å². The van der Waals surface area contributed by atoms with Crippen molar-refractivity contribution in [3.63, 3.8) is 0 Å². The Labute approximate surface area is 196 Å². The van der Waals surface area contributed by atoms with Crippen molar-refractivity contribution in [3.8, 4) is 0 Å². The summed E-state index contributed by atoms with van der Waals surface area (Å²) in [6.45, 7) is 1.22. The molecule has 0 radical (unpaired) electrons. The number of anilines is 2. The van der Waals surface area contributed by atoms with Crippen molar-refractivity contribution >= 4 is 28.1 Å². The van der Waals surface area contributed by atoms with Crippen LogP contribution in [-0.2, 0) is 17.6 Å². The summed E-state index contributed by atoms with van der Waals surface area (Å²) >= 11 is 0.869. The molecule has 3 aromatic rings. The van der Waals surface area contributed by atoms with E-state index in [0.717, 1.165) is 11.3 Å². The lowest BCUT2D eigenvalue weighted by molar-refractivity contribution is -0.115. The molecule has 1 atom stereocenters. The first kappa shape index (κ1) is 8.98. The fourth-order valence-corrected chi connectivity index (χ4v) is 2.57. The van der Waals surface area contributed by atoms with Gasteiger partial charge >= 0.3 is 0 Å².